The molecule has 2 rings (SSSR count). The normalized spacial score (nSPS) is 12.4. The monoisotopic (exact) mass is 263 g/mol. The van der Waals surface area contributed by atoms with E-state index in [9.17, 15) is 5.11 Å². The number of aliphatic hydroxyl groups excluding tert-OH is 1. The van der Waals surface area contributed by atoms with Gasteiger partial charge in [-0.1, -0.05) is 17.7 Å². The SMILES string of the molecule is COc1ccc(C)cc1CC(O)c1nc(C)cs1. The molecule has 0 radical (unpaired) electrons. The standard InChI is InChI=1S/C14H17NO2S/c1-9-4-5-13(17-3)11(6-9)7-12(16)14-15-10(2)8-18-14/h4-6,8,12,16H,7H2,1-3H3. The van der Waals surface area contributed by atoms with E-state index in [1.54, 1.807) is 7.11 Å². The Kier molecular flexibility index (Phi) is 3.99. The van der Waals surface area contributed by atoms with Crippen LogP contribution in [0.4, 0.5) is 0 Å². The smallest absolute Gasteiger partial charge is 0.122 e. The third kappa shape index (κ3) is 2.89. The van der Waals surface area contributed by atoms with E-state index in [2.05, 4.69) is 4.98 Å². The summed E-state index contributed by atoms with van der Waals surface area (Å²) in [6.45, 7) is 3.96. The van der Waals surface area contributed by atoms with Gasteiger partial charge in [-0.2, -0.15) is 0 Å². The molecule has 0 fully saturated rings. The van der Waals surface area contributed by atoms with Crippen LogP contribution in [0, 0.1) is 13.8 Å². The fourth-order valence-electron chi connectivity index (χ4n) is 1.89. The number of nitrogens with zero attached hydrogens (tertiary/aromatic N) is 1. The lowest BCUT2D eigenvalue weighted by Crippen LogP contribution is -2.03. The maximum Gasteiger partial charge on any atom is 0.122 e. The van der Waals surface area contributed by atoms with Crippen LogP contribution in [0.25, 0.3) is 0 Å². The Morgan fingerprint density at radius 2 is 2.17 bits per heavy atom. The number of aliphatic hydroxyl groups is 1. The van der Waals surface area contributed by atoms with Crippen molar-refractivity contribution in [3.8, 4) is 5.75 Å². The fourth-order valence-corrected chi connectivity index (χ4v) is 2.67. The van der Waals surface area contributed by atoms with Gasteiger partial charge in [-0.05, 0) is 25.5 Å². The van der Waals surface area contributed by atoms with Crippen molar-refractivity contribution >= 4 is 11.3 Å². The zero-order valence-electron chi connectivity index (χ0n) is 10.8. The summed E-state index contributed by atoms with van der Waals surface area (Å²) in [6, 6.07) is 5.98. The van der Waals surface area contributed by atoms with Crippen molar-refractivity contribution in [1.29, 1.82) is 0 Å². The van der Waals surface area contributed by atoms with Gasteiger partial charge in [0.25, 0.3) is 0 Å². The van der Waals surface area contributed by atoms with Crippen molar-refractivity contribution in [2.75, 3.05) is 7.11 Å². The number of hydrogen-bond donors (Lipinski definition) is 1. The van der Waals surface area contributed by atoms with Gasteiger partial charge in [-0.3, -0.25) is 0 Å². The molecule has 0 aliphatic heterocycles. The van der Waals surface area contributed by atoms with Crippen LogP contribution in [-0.2, 0) is 6.42 Å². The lowest BCUT2D eigenvalue weighted by Gasteiger charge is -2.12. The summed E-state index contributed by atoms with van der Waals surface area (Å²) in [5.41, 5.74) is 3.12. The molecule has 0 amide bonds. The number of methoxy groups -OCH3 is 1. The molecule has 2 aromatic rings. The first-order chi connectivity index (χ1) is 8.60. The number of benzene rings is 1. The van der Waals surface area contributed by atoms with Crippen LogP contribution in [0.2, 0.25) is 0 Å². The van der Waals surface area contributed by atoms with E-state index in [1.165, 1.54) is 11.3 Å². The summed E-state index contributed by atoms with van der Waals surface area (Å²) in [5, 5.41) is 12.9. The van der Waals surface area contributed by atoms with E-state index in [4.69, 9.17) is 4.74 Å². The molecular weight excluding hydrogens is 246 g/mol. The van der Waals surface area contributed by atoms with E-state index in [1.807, 2.05) is 37.4 Å². The van der Waals surface area contributed by atoms with Crippen LogP contribution >= 0.6 is 11.3 Å². The van der Waals surface area contributed by atoms with Crippen molar-refractivity contribution in [3.63, 3.8) is 0 Å². The second-order valence-electron chi connectivity index (χ2n) is 4.36. The Morgan fingerprint density at radius 1 is 1.39 bits per heavy atom. The number of ether oxygens (including phenoxy) is 1. The number of thiazole rings is 1. The largest absolute Gasteiger partial charge is 0.496 e. The van der Waals surface area contributed by atoms with E-state index < -0.39 is 6.10 Å². The summed E-state index contributed by atoms with van der Waals surface area (Å²) >= 11 is 1.49. The highest BCUT2D eigenvalue weighted by atomic mass is 32.1. The van der Waals surface area contributed by atoms with Gasteiger partial charge in [0.05, 0.1) is 7.11 Å². The van der Waals surface area contributed by atoms with E-state index >= 15 is 0 Å². The third-order valence-electron chi connectivity index (χ3n) is 2.77. The van der Waals surface area contributed by atoms with Crippen molar-refractivity contribution in [3.05, 3.63) is 45.4 Å². The lowest BCUT2D eigenvalue weighted by atomic mass is 10.0. The highest BCUT2D eigenvalue weighted by molar-refractivity contribution is 7.09. The predicted molar refractivity (Wildman–Crippen MR) is 73.2 cm³/mol. The van der Waals surface area contributed by atoms with Gasteiger partial charge >= 0.3 is 0 Å². The first kappa shape index (κ1) is 13.1. The molecule has 96 valence electrons. The first-order valence-electron chi connectivity index (χ1n) is 5.83. The average molecular weight is 263 g/mol. The van der Waals surface area contributed by atoms with Crippen LogP contribution in [0.3, 0.4) is 0 Å². The topological polar surface area (TPSA) is 42.4 Å². The molecule has 0 saturated heterocycles. The molecule has 0 saturated carbocycles. The third-order valence-corrected chi connectivity index (χ3v) is 3.83. The van der Waals surface area contributed by atoms with E-state index in [-0.39, 0.29) is 0 Å². The molecule has 0 spiro atoms. The molecular formula is C14H17NO2S. The van der Waals surface area contributed by atoms with Crippen molar-refractivity contribution in [1.82, 2.24) is 4.98 Å². The number of rotatable bonds is 4. The molecule has 1 heterocycles. The number of aryl methyl sites for hydroxylation is 2. The molecule has 1 N–H and O–H groups in total. The van der Waals surface area contributed by atoms with Crippen LogP contribution in [0.5, 0.6) is 5.75 Å². The van der Waals surface area contributed by atoms with Gasteiger partial charge in [0, 0.05) is 17.5 Å². The van der Waals surface area contributed by atoms with Gasteiger partial charge in [0.1, 0.15) is 16.9 Å². The molecule has 1 aromatic heterocycles. The second-order valence-corrected chi connectivity index (χ2v) is 5.25. The van der Waals surface area contributed by atoms with Gasteiger partial charge < -0.3 is 9.84 Å². The van der Waals surface area contributed by atoms with Crippen molar-refractivity contribution in [2.24, 2.45) is 0 Å². The fraction of sp³-hybridized carbons (Fsp3) is 0.357. The minimum Gasteiger partial charge on any atom is -0.496 e. The molecule has 1 aromatic carbocycles. The van der Waals surface area contributed by atoms with Gasteiger partial charge in [0.15, 0.2) is 0 Å². The zero-order valence-corrected chi connectivity index (χ0v) is 11.6. The first-order valence-corrected chi connectivity index (χ1v) is 6.71. The Hall–Kier alpha value is -1.39. The molecule has 0 aliphatic rings. The Balaban J connectivity index is 2.20. The summed E-state index contributed by atoms with van der Waals surface area (Å²) in [5.74, 6) is 0.813. The molecule has 0 aliphatic carbocycles. The summed E-state index contributed by atoms with van der Waals surface area (Å²) in [7, 11) is 1.65. The Labute approximate surface area is 111 Å². The lowest BCUT2D eigenvalue weighted by molar-refractivity contribution is 0.176. The van der Waals surface area contributed by atoms with Crippen LogP contribution < -0.4 is 4.74 Å². The minimum atomic E-state index is -0.570. The predicted octanol–water partition coefficient (Wildman–Crippen LogP) is 3.04. The molecule has 1 unspecified atom stereocenters. The molecule has 18 heavy (non-hydrogen) atoms. The zero-order chi connectivity index (χ0) is 13.1. The minimum absolute atomic E-state index is 0.526. The van der Waals surface area contributed by atoms with Crippen molar-refractivity contribution in [2.45, 2.75) is 26.4 Å². The highest BCUT2D eigenvalue weighted by Crippen LogP contribution is 2.27. The van der Waals surface area contributed by atoms with Crippen molar-refractivity contribution < 1.29 is 9.84 Å². The Morgan fingerprint density at radius 3 is 2.78 bits per heavy atom. The summed E-state index contributed by atoms with van der Waals surface area (Å²) in [6.07, 6.45) is -0.0444. The van der Waals surface area contributed by atoms with Crippen LogP contribution in [0.15, 0.2) is 23.6 Å². The second kappa shape index (κ2) is 5.50. The summed E-state index contributed by atoms with van der Waals surface area (Å²) < 4.78 is 5.31. The molecule has 0 bridgehead atoms. The maximum absolute atomic E-state index is 10.2. The quantitative estimate of drug-likeness (QED) is 0.922. The van der Waals surface area contributed by atoms with Gasteiger partial charge in [-0.25, -0.2) is 4.98 Å². The molecule has 4 heteroatoms. The van der Waals surface area contributed by atoms with Gasteiger partial charge in [-0.15, -0.1) is 11.3 Å². The number of hydrogen-bond acceptors (Lipinski definition) is 4. The van der Waals surface area contributed by atoms with E-state index in [0.717, 1.165) is 27.6 Å². The highest BCUT2D eigenvalue weighted by Gasteiger charge is 2.15. The average Bonchev–Trinajstić information content (AvgIpc) is 2.76. The molecule has 1 atom stereocenters. The number of aromatic nitrogens is 1. The molecule has 3 nitrogen and oxygen atoms in total. The van der Waals surface area contributed by atoms with Gasteiger partial charge in [0.2, 0.25) is 0 Å². The Bertz CT molecular complexity index is 536. The van der Waals surface area contributed by atoms with Crippen LogP contribution in [-0.4, -0.2) is 17.2 Å². The van der Waals surface area contributed by atoms with Crippen LogP contribution in [0.1, 0.15) is 27.9 Å². The summed E-state index contributed by atoms with van der Waals surface area (Å²) in [4.78, 5) is 4.31. The van der Waals surface area contributed by atoms with E-state index in [0.29, 0.717) is 6.42 Å². The maximum atomic E-state index is 10.2.